The fourth-order valence-corrected chi connectivity index (χ4v) is 7.69. The van der Waals surface area contributed by atoms with E-state index in [0.717, 1.165) is 43.4 Å². The third kappa shape index (κ3) is 8.90. The number of aliphatic hydroxyl groups is 1. The number of phosphoric acid groups is 1. The van der Waals surface area contributed by atoms with Gasteiger partial charge < -0.3 is 19.6 Å². The van der Waals surface area contributed by atoms with E-state index in [2.05, 4.69) is 0 Å². The van der Waals surface area contributed by atoms with Crippen LogP contribution in [-0.4, -0.2) is 50.7 Å². The van der Waals surface area contributed by atoms with E-state index < -0.39 is 20.0 Å². The van der Waals surface area contributed by atoms with Gasteiger partial charge in [-0.2, -0.15) is 0 Å². The summed E-state index contributed by atoms with van der Waals surface area (Å²) in [7, 11) is -4.76. The average molecular weight is 569 g/mol. The van der Waals surface area contributed by atoms with Gasteiger partial charge in [-0.05, 0) is 87.2 Å². The number of ketones is 1. The molecule has 0 saturated heterocycles. The third-order valence-corrected chi connectivity index (χ3v) is 10.1. The van der Waals surface area contributed by atoms with Crippen LogP contribution in [-0.2, 0) is 23.4 Å². The van der Waals surface area contributed by atoms with E-state index in [0.29, 0.717) is 36.9 Å². The number of carbonyl (C=O) groups excluding carboxylic acids is 2. The highest BCUT2D eigenvalue weighted by Gasteiger charge is 2.49. The van der Waals surface area contributed by atoms with E-state index in [1.807, 2.05) is 37.3 Å². The number of phosphoric ester groups is 1. The van der Waals surface area contributed by atoms with E-state index >= 15 is 0 Å². The van der Waals surface area contributed by atoms with Crippen LogP contribution in [0.25, 0.3) is 0 Å². The highest BCUT2D eigenvalue weighted by Crippen LogP contribution is 2.51. The van der Waals surface area contributed by atoms with Crippen LogP contribution in [0, 0.1) is 29.6 Å². The van der Waals surface area contributed by atoms with Crippen molar-refractivity contribution in [2.24, 2.45) is 29.6 Å². The van der Waals surface area contributed by atoms with Crippen LogP contribution in [0.3, 0.4) is 0 Å². The van der Waals surface area contributed by atoms with Gasteiger partial charge in [-0.1, -0.05) is 25.1 Å². The second-order valence-electron chi connectivity index (χ2n) is 11.4. The molecule has 0 aromatic heterocycles. The topological polar surface area (TPSA) is 130 Å². The highest BCUT2D eigenvalue weighted by molar-refractivity contribution is 7.99. The van der Waals surface area contributed by atoms with Gasteiger partial charge in [-0.15, -0.1) is 11.8 Å². The minimum atomic E-state index is -4.76. The van der Waals surface area contributed by atoms with Gasteiger partial charge >= 0.3 is 13.8 Å². The maximum atomic E-state index is 13.1. The number of carbonyl (C=O) groups is 2. The van der Waals surface area contributed by atoms with Crippen molar-refractivity contribution in [3.8, 4) is 0 Å². The maximum absolute atomic E-state index is 13.1. The maximum Gasteiger partial charge on any atom is 0.469 e. The highest BCUT2D eigenvalue weighted by atomic mass is 32.2. The second kappa shape index (κ2) is 13.4. The molecule has 0 radical (unpaired) electrons. The van der Waals surface area contributed by atoms with Crippen LogP contribution >= 0.6 is 19.6 Å². The van der Waals surface area contributed by atoms with Gasteiger partial charge in [-0.3, -0.25) is 14.1 Å². The van der Waals surface area contributed by atoms with Crippen LogP contribution in [0.4, 0.5) is 0 Å². The molecule has 38 heavy (non-hydrogen) atoms. The van der Waals surface area contributed by atoms with Gasteiger partial charge in [0.05, 0.1) is 12.2 Å². The number of hydrogen-bond acceptors (Lipinski definition) is 7. The summed E-state index contributed by atoms with van der Waals surface area (Å²) in [6.07, 6.45) is 5.90. The average Bonchev–Trinajstić information content (AvgIpc) is 3.59. The van der Waals surface area contributed by atoms with Crippen molar-refractivity contribution >= 4 is 31.3 Å². The number of rotatable bonds is 15. The van der Waals surface area contributed by atoms with Crippen molar-refractivity contribution in [2.75, 3.05) is 5.75 Å². The minimum absolute atomic E-state index is 0.00730. The van der Waals surface area contributed by atoms with Crippen molar-refractivity contribution in [1.29, 1.82) is 0 Å². The summed E-state index contributed by atoms with van der Waals surface area (Å²) in [4.78, 5) is 45.1. The SMILES string of the molecule is CC(CC(O)CSc1ccccc1)C1C(OP(=O)(O)O)CC(=O)C1CC1CCC1CCCC(=O)OC1CC1. The molecule has 3 saturated carbocycles. The van der Waals surface area contributed by atoms with Crippen molar-refractivity contribution in [2.45, 2.75) is 94.3 Å². The predicted molar refractivity (Wildman–Crippen MR) is 144 cm³/mol. The van der Waals surface area contributed by atoms with Gasteiger partial charge in [-0.25, -0.2) is 4.57 Å². The summed E-state index contributed by atoms with van der Waals surface area (Å²) in [5.74, 6) is 0.316. The first-order chi connectivity index (χ1) is 18.1. The third-order valence-electron chi connectivity index (χ3n) is 8.38. The number of ether oxygens (including phenoxy) is 1. The molecule has 0 heterocycles. The Labute approximate surface area is 229 Å². The summed E-state index contributed by atoms with van der Waals surface area (Å²) >= 11 is 1.56. The number of thioether (sulfide) groups is 1. The molecular weight excluding hydrogens is 527 g/mol. The minimum Gasteiger partial charge on any atom is -0.462 e. The monoisotopic (exact) mass is 568 g/mol. The molecular formula is C28H41O8PS. The van der Waals surface area contributed by atoms with Gasteiger partial charge in [0.1, 0.15) is 11.9 Å². The Bertz CT molecular complexity index is 980. The van der Waals surface area contributed by atoms with Gasteiger partial charge in [0, 0.05) is 29.4 Å². The number of Topliss-reactive ketones (excluding diaryl/α,β-unsaturated/α-hetero) is 1. The molecule has 0 spiro atoms. The van der Waals surface area contributed by atoms with Crippen LogP contribution in [0.1, 0.15) is 71.1 Å². The molecule has 3 aliphatic rings. The van der Waals surface area contributed by atoms with Gasteiger partial charge in [0.2, 0.25) is 0 Å². The Kier molecular flexibility index (Phi) is 10.5. The lowest BCUT2D eigenvalue weighted by Crippen LogP contribution is -2.35. The Morgan fingerprint density at radius 2 is 1.84 bits per heavy atom. The Morgan fingerprint density at radius 1 is 1.13 bits per heavy atom. The van der Waals surface area contributed by atoms with E-state index in [1.165, 1.54) is 0 Å². The molecule has 7 unspecified atom stereocenters. The molecule has 10 heteroatoms. The zero-order valence-corrected chi connectivity index (χ0v) is 23.7. The molecule has 1 aromatic rings. The predicted octanol–water partition coefficient (Wildman–Crippen LogP) is 5.14. The first kappa shape index (κ1) is 29.8. The van der Waals surface area contributed by atoms with E-state index in [9.17, 15) is 29.0 Å². The van der Waals surface area contributed by atoms with E-state index in [4.69, 9.17) is 9.26 Å². The van der Waals surface area contributed by atoms with Crippen LogP contribution in [0.2, 0.25) is 0 Å². The number of esters is 1. The lowest BCUT2D eigenvalue weighted by atomic mass is 9.65. The smallest absolute Gasteiger partial charge is 0.462 e. The Balaban J connectivity index is 1.33. The van der Waals surface area contributed by atoms with E-state index in [1.54, 1.807) is 11.8 Å². The summed E-state index contributed by atoms with van der Waals surface area (Å²) < 4.78 is 22.2. The van der Waals surface area contributed by atoms with Crippen LogP contribution in [0.5, 0.6) is 0 Å². The fourth-order valence-electron chi connectivity index (χ4n) is 6.25. The molecule has 0 aliphatic heterocycles. The molecule has 3 N–H and O–H groups in total. The van der Waals surface area contributed by atoms with Crippen LogP contribution < -0.4 is 0 Å². The first-order valence-electron chi connectivity index (χ1n) is 13.9. The summed E-state index contributed by atoms with van der Waals surface area (Å²) in [6, 6.07) is 9.81. The zero-order chi connectivity index (χ0) is 27.3. The molecule has 212 valence electrons. The molecule has 3 fully saturated rings. The van der Waals surface area contributed by atoms with Crippen molar-refractivity contribution < 1.29 is 38.3 Å². The largest absolute Gasteiger partial charge is 0.469 e. The van der Waals surface area contributed by atoms with E-state index in [-0.39, 0.29) is 42.0 Å². The number of hydrogen-bond donors (Lipinski definition) is 3. The second-order valence-corrected chi connectivity index (χ2v) is 13.7. The molecule has 0 amide bonds. The van der Waals surface area contributed by atoms with Crippen molar-refractivity contribution in [1.82, 2.24) is 0 Å². The molecule has 3 aliphatic carbocycles. The molecule has 1 aromatic carbocycles. The molecule has 0 bridgehead atoms. The van der Waals surface area contributed by atoms with Crippen LogP contribution in [0.15, 0.2) is 35.2 Å². The van der Waals surface area contributed by atoms with Crippen molar-refractivity contribution in [3.63, 3.8) is 0 Å². The first-order valence-corrected chi connectivity index (χ1v) is 16.4. The van der Waals surface area contributed by atoms with Gasteiger partial charge in [0.15, 0.2) is 0 Å². The molecule has 8 nitrogen and oxygen atoms in total. The standard InChI is InChI=1S/C28H41O8PS/c1-18(14-21(29)17-38-23-7-3-2-4-8-23)28-24(25(30)16-26(28)36-37(32,33)34)15-20-11-10-19(20)6-5-9-27(31)35-22-12-13-22/h2-4,7-8,18-22,24,26,28-29H,5-6,9-17H2,1H3,(H2,32,33,34). The van der Waals surface area contributed by atoms with Crippen molar-refractivity contribution in [3.05, 3.63) is 30.3 Å². The lowest BCUT2D eigenvalue weighted by molar-refractivity contribution is -0.145. The zero-order valence-electron chi connectivity index (χ0n) is 22.0. The normalized spacial score (nSPS) is 29.1. The summed E-state index contributed by atoms with van der Waals surface area (Å²) in [5, 5.41) is 10.8. The Morgan fingerprint density at radius 3 is 2.47 bits per heavy atom. The number of aliphatic hydroxyl groups excluding tert-OH is 1. The number of benzene rings is 1. The molecule has 4 rings (SSSR count). The lowest BCUT2D eigenvalue weighted by Gasteiger charge is -2.40. The summed E-state index contributed by atoms with van der Waals surface area (Å²) in [5.41, 5.74) is 0. The Hall–Kier alpha value is -1.22. The fraction of sp³-hybridized carbons (Fsp3) is 0.714. The molecule has 7 atom stereocenters. The summed E-state index contributed by atoms with van der Waals surface area (Å²) in [6.45, 7) is 1.95. The van der Waals surface area contributed by atoms with Gasteiger partial charge in [0.25, 0.3) is 0 Å². The quantitative estimate of drug-likeness (QED) is 0.150.